The summed E-state index contributed by atoms with van der Waals surface area (Å²) in [6, 6.07) is 2.60. The molecule has 0 bridgehead atoms. The van der Waals surface area contributed by atoms with Crippen molar-refractivity contribution >= 4 is 0 Å². The SMILES string of the molecule is CCCNC(CCOCCOC)CCc1ccnn1C. The van der Waals surface area contributed by atoms with Gasteiger partial charge in [-0.1, -0.05) is 6.92 Å². The highest BCUT2D eigenvalue weighted by molar-refractivity contribution is 5.00. The highest BCUT2D eigenvalue weighted by atomic mass is 16.5. The molecular formula is C15H29N3O2. The highest BCUT2D eigenvalue weighted by Crippen LogP contribution is 2.07. The van der Waals surface area contributed by atoms with Gasteiger partial charge in [0.15, 0.2) is 0 Å². The van der Waals surface area contributed by atoms with Crippen LogP contribution in [-0.4, -0.2) is 49.3 Å². The smallest absolute Gasteiger partial charge is 0.0700 e. The number of aryl methyl sites for hydroxylation is 2. The molecule has 5 heteroatoms. The molecule has 0 radical (unpaired) electrons. The van der Waals surface area contributed by atoms with Gasteiger partial charge in [-0.2, -0.15) is 5.10 Å². The number of nitrogens with zero attached hydrogens (tertiary/aromatic N) is 2. The molecule has 0 aliphatic carbocycles. The lowest BCUT2D eigenvalue weighted by molar-refractivity contribution is 0.0654. The van der Waals surface area contributed by atoms with Gasteiger partial charge in [0.1, 0.15) is 0 Å². The van der Waals surface area contributed by atoms with Crippen LogP contribution in [0.15, 0.2) is 12.3 Å². The third-order valence-electron chi connectivity index (χ3n) is 3.40. The van der Waals surface area contributed by atoms with E-state index in [9.17, 15) is 0 Å². The molecule has 0 aliphatic rings. The largest absolute Gasteiger partial charge is 0.382 e. The standard InChI is InChI=1S/C15H29N3O2/c1-4-9-16-14(8-11-20-13-12-19-3)5-6-15-7-10-17-18(15)2/h7,10,14,16H,4-6,8-9,11-13H2,1-3H3. The fourth-order valence-electron chi connectivity index (χ4n) is 2.14. The molecule has 116 valence electrons. The monoisotopic (exact) mass is 283 g/mol. The van der Waals surface area contributed by atoms with Crippen LogP contribution in [0.3, 0.4) is 0 Å². The molecule has 1 atom stereocenters. The van der Waals surface area contributed by atoms with Gasteiger partial charge in [0, 0.05) is 38.7 Å². The van der Waals surface area contributed by atoms with Gasteiger partial charge in [0.25, 0.3) is 0 Å². The number of nitrogens with one attached hydrogen (secondary N) is 1. The second-order valence-electron chi connectivity index (χ2n) is 5.03. The molecule has 1 N–H and O–H groups in total. The molecular weight excluding hydrogens is 254 g/mol. The lowest BCUT2D eigenvalue weighted by Gasteiger charge is -2.18. The minimum atomic E-state index is 0.507. The predicted octanol–water partition coefficient (Wildman–Crippen LogP) is 1.77. The topological polar surface area (TPSA) is 48.3 Å². The van der Waals surface area contributed by atoms with E-state index < -0.39 is 0 Å². The van der Waals surface area contributed by atoms with Crippen molar-refractivity contribution in [3.05, 3.63) is 18.0 Å². The van der Waals surface area contributed by atoms with Crippen LogP contribution in [-0.2, 0) is 22.9 Å². The average Bonchev–Trinajstić information content (AvgIpc) is 2.86. The molecule has 0 aliphatic heterocycles. The Morgan fingerprint density at radius 3 is 2.80 bits per heavy atom. The zero-order valence-electron chi connectivity index (χ0n) is 13.1. The Kier molecular flexibility index (Phi) is 9.28. The summed E-state index contributed by atoms with van der Waals surface area (Å²) < 4.78 is 12.5. The van der Waals surface area contributed by atoms with Gasteiger partial charge < -0.3 is 14.8 Å². The third-order valence-corrected chi connectivity index (χ3v) is 3.40. The molecule has 0 amide bonds. The van der Waals surface area contributed by atoms with Gasteiger partial charge in [0.2, 0.25) is 0 Å². The van der Waals surface area contributed by atoms with Crippen molar-refractivity contribution in [3.8, 4) is 0 Å². The van der Waals surface area contributed by atoms with Crippen molar-refractivity contribution in [1.82, 2.24) is 15.1 Å². The summed E-state index contributed by atoms with van der Waals surface area (Å²) in [5.41, 5.74) is 1.29. The normalized spacial score (nSPS) is 12.8. The minimum absolute atomic E-state index is 0.507. The summed E-state index contributed by atoms with van der Waals surface area (Å²) >= 11 is 0. The molecule has 0 saturated carbocycles. The van der Waals surface area contributed by atoms with E-state index >= 15 is 0 Å². The van der Waals surface area contributed by atoms with Crippen molar-refractivity contribution in [3.63, 3.8) is 0 Å². The van der Waals surface area contributed by atoms with Gasteiger partial charge in [-0.15, -0.1) is 0 Å². The molecule has 1 unspecified atom stereocenters. The Bertz CT molecular complexity index is 342. The summed E-state index contributed by atoms with van der Waals surface area (Å²) in [6.07, 6.45) is 6.23. The maximum absolute atomic E-state index is 5.56. The molecule has 20 heavy (non-hydrogen) atoms. The molecule has 5 nitrogen and oxygen atoms in total. The van der Waals surface area contributed by atoms with Crippen molar-refractivity contribution in [1.29, 1.82) is 0 Å². The van der Waals surface area contributed by atoms with Crippen molar-refractivity contribution in [2.45, 2.75) is 38.6 Å². The molecule has 1 aromatic heterocycles. The third kappa shape index (κ3) is 7.03. The van der Waals surface area contributed by atoms with E-state index in [2.05, 4.69) is 23.4 Å². The fraction of sp³-hybridized carbons (Fsp3) is 0.800. The Morgan fingerprint density at radius 1 is 1.30 bits per heavy atom. The van der Waals surface area contributed by atoms with Crippen LogP contribution in [0.4, 0.5) is 0 Å². The highest BCUT2D eigenvalue weighted by Gasteiger charge is 2.09. The molecule has 0 fully saturated rings. The lowest BCUT2D eigenvalue weighted by atomic mass is 10.1. The van der Waals surface area contributed by atoms with E-state index in [4.69, 9.17) is 9.47 Å². The molecule has 0 spiro atoms. The van der Waals surface area contributed by atoms with Gasteiger partial charge in [-0.25, -0.2) is 0 Å². The van der Waals surface area contributed by atoms with Crippen LogP contribution in [0.5, 0.6) is 0 Å². The van der Waals surface area contributed by atoms with E-state index in [1.807, 2.05) is 17.9 Å². The molecule has 1 heterocycles. The first-order valence-electron chi connectivity index (χ1n) is 7.54. The molecule has 0 aromatic carbocycles. The van der Waals surface area contributed by atoms with Crippen molar-refractivity contribution < 1.29 is 9.47 Å². The quantitative estimate of drug-likeness (QED) is 0.594. The molecule has 1 rings (SSSR count). The Balaban J connectivity index is 2.26. The number of methoxy groups -OCH3 is 1. The average molecular weight is 283 g/mol. The van der Waals surface area contributed by atoms with Crippen LogP contribution >= 0.6 is 0 Å². The first kappa shape index (κ1) is 17.1. The van der Waals surface area contributed by atoms with Gasteiger partial charge in [0.05, 0.1) is 13.2 Å². The van der Waals surface area contributed by atoms with Gasteiger partial charge >= 0.3 is 0 Å². The van der Waals surface area contributed by atoms with Crippen LogP contribution in [0.1, 0.15) is 31.9 Å². The van der Waals surface area contributed by atoms with E-state index in [1.54, 1.807) is 7.11 Å². The van der Waals surface area contributed by atoms with Crippen molar-refractivity contribution in [2.75, 3.05) is 33.5 Å². The predicted molar refractivity (Wildman–Crippen MR) is 80.9 cm³/mol. The minimum Gasteiger partial charge on any atom is -0.382 e. The Hall–Kier alpha value is -0.910. The summed E-state index contributed by atoms with van der Waals surface area (Å²) in [4.78, 5) is 0. The first-order valence-corrected chi connectivity index (χ1v) is 7.54. The Labute approximate surface area is 122 Å². The zero-order valence-corrected chi connectivity index (χ0v) is 13.1. The summed E-state index contributed by atoms with van der Waals surface area (Å²) in [5.74, 6) is 0. The van der Waals surface area contributed by atoms with Crippen molar-refractivity contribution in [2.24, 2.45) is 7.05 Å². The number of aromatic nitrogens is 2. The molecule has 1 aromatic rings. The van der Waals surface area contributed by atoms with Crippen LogP contribution in [0, 0.1) is 0 Å². The number of hydrogen-bond acceptors (Lipinski definition) is 4. The van der Waals surface area contributed by atoms with E-state index in [0.29, 0.717) is 19.3 Å². The summed E-state index contributed by atoms with van der Waals surface area (Å²) in [6.45, 7) is 5.39. The van der Waals surface area contributed by atoms with Crippen LogP contribution in [0.25, 0.3) is 0 Å². The number of rotatable bonds is 12. The lowest BCUT2D eigenvalue weighted by Crippen LogP contribution is -2.31. The Morgan fingerprint density at radius 2 is 2.15 bits per heavy atom. The second-order valence-corrected chi connectivity index (χ2v) is 5.03. The van der Waals surface area contributed by atoms with Gasteiger partial charge in [-0.05, 0) is 38.3 Å². The summed E-state index contributed by atoms with van der Waals surface area (Å²) in [7, 11) is 3.69. The number of ether oxygens (including phenoxy) is 2. The maximum atomic E-state index is 5.56. The van der Waals surface area contributed by atoms with Crippen LogP contribution < -0.4 is 5.32 Å². The fourth-order valence-corrected chi connectivity index (χ4v) is 2.14. The molecule has 0 saturated heterocycles. The first-order chi connectivity index (χ1) is 9.77. The number of hydrogen-bond donors (Lipinski definition) is 1. The van der Waals surface area contributed by atoms with E-state index in [1.165, 1.54) is 5.69 Å². The maximum Gasteiger partial charge on any atom is 0.0700 e. The summed E-state index contributed by atoms with van der Waals surface area (Å²) in [5, 5.41) is 7.81. The van der Waals surface area contributed by atoms with Crippen LogP contribution in [0.2, 0.25) is 0 Å². The zero-order chi connectivity index (χ0) is 14.6. The van der Waals surface area contributed by atoms with E-state index in [-0.39, 0.29) is 0 Å². The van der Waals surface area contributed by atoms with Gasteiger partial charge in [-0.3, -0.25) is 4.68 Å². The second kappa shape index (κ2) is 10.8. The van der Waals surface area contributed by atoms with E-state index in [0.717, 1.165) is 38.8 Å².